The lowest BCUT2D eigenvalue weighted by molar-refractivity contribution is 0.412. The highest BCUT2D eigenvalue weighted by Crippen LogP contribution is 2.23. The second-order valence-corrected chi connectivity index (χ2v) is 3.85. The van der Waals surface area contributed by atoms with Crippen LogP contribution in [0.3, 0.4) is 0 Å². The third-order valence-electron chi connectivity index (χ3n) is 2.47. The Kier molecular flexibility index (Phi) is 3.78. The van der Waals surface area contributed by atoms with Crippen LogP contribution >= 0.6 is 0 Å². The molecule has 0 atom stereocenters. The fourth-order valence-corrected chi connectivity index (χ4v) is 1.61. The molecule has 0 saturated heterocycles. The molecule has 0 unspecified atom stereocenters. The molecule has 2 aromatic rings. The Morgan fingerprint density at radius 2 is 2.22 bits per heavy atom. The van der Waals surface area contributed by atoms with Crippen LogP contribution in [0.25, 0.3) is 0 Å². The lowest BCUT2D eigenvalue weighted by Crippen LogP contribution is -2.02. The van der Waals surface area contributed by atoms with Crippen molar-refractivity contribution in [2.24, 2.45) is 5.73 Å². The van der Waals surface area contributed by atoms with Gasteiger partial charge in [0, 0.05) is 18.7 Å². The average molecular weight is 248 g/mol. The van der Waals surface area contributed by atoms with E-state index in [-0.39, 0.29) is 0 Å². The van der Waals surface area contributed by atoms with E-state index in [0.717, 1.165) is 17.0 Å². The fraction of sp³-hybridized carbons (Fsp3) is 0.333. The second kappa shape index (κ2) is 5.50. The molecule has 6 nitrogen and oxygen atoms in total. The number of hydrogen-bond donors (Lipinski definition) is 2. The minimum Gasteiger partial charge on any atom is -0.496 e. The van der Waals surface area contributed by atoms with E-state index in [1.165, 1.54) is 0 Å². The smallest absolute Gasteiger partial charge is 0.320 e. The van der Waals surface area contributed by atoms with Gasteiger partial charge in [0.1, 0.15) is 5.75 Å². The molecule has 0 bridgehead atoms. The van der Waals surface area contributed by atoms with Crippen LogP contribution in [-0.4, -0.2) is 23.9 Å². The molecular formula is C12H16N4O2. The largest absolute Gasteiger partial charge is 0.496 e. The van der Waals surface area contributed by atoms with E-state index in [2.05, 4.69) is 15.5 Å². The van der Waals surface area contributed by atoms with Gasteiger partial charge in [0.2, 0.25) is 5.89 Å². The molecule has 96 valence electrons. The van der Waals surface area contributed by atoms with Gasteiger partial charge in [-0.2, -0.15) is 0 Å². The van der Waals surface area contributed by atoms with Gasteiger partial charge >= 0.3 is 6.01 Å². The molecule has 3 N–H and O–H groups in total. The summed E-state index contributed by atoms with van der Waals surface area (Å²) in [5.74, 6) is 1.38. The molecule has 1 aromatic heterocycles. The van der Waals surface area contributed by atoms with Gasteiger partial charge in [0.15, 0.2) is 0 Å². The number of nitrogens with one attached hydrogen (secondary N) is 1. The van der Waals surface area contributed by atoms with E-state index in [0.29, 0.717) is 24.9 Å². The van der Waals surface area contributed by atoms with Crippen LogP contribution in [0.5, 0.6) is 5.75 Å². The van der Waals surface area contributed by atoms with Gasteiger partial charge < -0.3 is 20.2 Å². The van der Waals surface area contributed by atoms with Crippen LogP contribution in [0.15, 0.2) is 22.6 Å². The number of aromatic nitrogens is 2. The number of aryl methyl sites for hydroxylation is 1. The van der Waals surface area contributed by atoms with Crippen LogP contribution in [0, 0.1) is 6.92 Å². The Labute approximate surface area is 105 Å². The number of benzene rings is 1. The van der Waals surface area contributed by atoms with Crippen molar-refractivity contribution in [3.63, 3.8) is 0 Å². The Morgan fingerprint density at radius 3 is 2.89 bits per heavy atom. The standard InChI is InChI=1S/C12H16N4O2/c1-8-7-9(3-4-10(8)17-2)14-12-16-15-11(18-12)5-6-13/h3-4,7H,5-6,13H2,1-2H3,(H,14,16). The van der Waals surface area contributed by atoms with Crippen LogP contribution < -0.4 is 15.8 Å². The van der Waals surface area contributed by atoms with Crippen molar-refractivity contribution in [2.45, 2.75) is 13.3 Å². The number of rotatable bonds is 5. The molecule has 0 saturated carbocycles. The molecule has 6 heteroatoms. The number of nitrogens with zero attached hydrogens (tertiary/aromatic N) is 2. The Morgan fingerprint density at radius 1 is 1.39 bits per heavy atom. The van der Waals surface area contributed by atoms with Crippen molar-refractivity contribution >= 4 is 11.7 Å². The lowest BCUT2D eigenvalue weighted by Gasteiger charge is -2.06. The summed E-state index contributed by atoms with van der Waals surface area (Å²) in [5, 5.41) is 10.8. The van der Waals surface area contributed by atoms with Gasteiger partial charge in [0.05, 0.1) is 7.11 Å². The van der Waals surface area contributed by atoms with E-state index in [9.17, 15) is 0 Å². The third kappa shape index (κ3) is 2.78. The fourth-order valence-electron chi connectivity index (χ4n) is 1.61. The molecule has 18 heavy (non-hydrogen) atoms. The van der Waals surface area contributed by atoms with E-state index < -0.39 is 0 Å². The highest BCUT2D eigenvalue weighted by atomic mass is 16.5. The summed E-state index contributed by atoms with van der Waals surface area (Å²) < 4.78 is 10.6. The van der Waals surface area contributed by atoms with Crippen LogP contribution in [0.2, 0.25) is 0 Å². The van der Waals surface area contributed by atoms with Crippen molar-refractivity contribution in [3.05, 3.63) is 29.7 Å². The molecule has 0 radical (unpaired) electrons. The number of methoxy groups -OCH3 is 1. The van der Waals surface area contributed by atoms with Gasteiger partial charge in [0.25, 0.3) is 0 Å². The minimum atomic E-state index is 0.364. The van der Waals surface area contributed by atoms with E-state index >= 15 is 0 Å². The molecule has 0 aliphatic rings. The maximum atomic E-state index is 5.41. The summed E-state index contributed by atoms with van der Waals surface area (Å²) in [6.45, 7) is 2.46. The molecule has 2 rings (SSSR count). The first-order valence-corrected chi connectivity index (χ1v) is 5.67. The van der Waals surface area contributed by atoms with Gasteiger partial charge in [-0.15, -0.1) is 5.10 Å². The molecular weight excluding hydrogens is 232 g/mol. The maximum Gasteiger partial charge on any atom is 0.320 e. The molecule has 0 spiro atoms. The molecule has 1 aromatic carbocycles. The molecule has 0 fully saturated rings. The van der Waals surface area contributed by atoms with Gasteiger partial charge in [-0.25, -0.2) is 0 Å². The number of ether oxygens (including phenoxy) is 1. The summed E-state index contributed by atoms with van der Waals surface area (Å²) >= 11 is 0. The number of hydrogen-bond acceptors (Lipinski definition) is 6. The molecule has 0 aliphatic carbocycles. The van der Waals surface area contributed by atoms with Gasteiger partial charge in [-0.3, -0.25) is 0 Å². The van der Waals surface area contributed by atoms with E-state index in [1.54, 1.807) is 7.11 Å². The Balaban J connectivity index is 2.10. The number of nitrogens with two attached hydrogens (primary N) is 1. The summed E-state index contributed by atoms with van der Waals surface area (Å²) in [7, 11) is 1.65. The van der Waals surface area contributed by atoms with Crippen LogP contribution in [-0.2, 0) is 6.42 Å². The normalized spacial score (nSPS) is 10.4. The van der Waals surface area contributed by atoms with Gasteiger partial charge in [-0.05, 0) is 30.7 Å². The summed E-state index contributed by atoms with van der Waals surface area (Å²) in [6.07, 6.45) is 0.580. The minimum absolute atomic E-state index is 0.364. The second-order valence-electron chi connectivity index (χ2n) is 3.85. The van der Waals surface area contributed by atoms with Crippen molar-refractivity contribution in [1.29, 1.82) is 0 Å². The van der Waals surface area contributed by atoms with Crippen molar-refractivity contribution in [1.82, 2.24) is 10.2 Å². The summed E-state index contributed by atoms with van der Waals surface area (Å²) in [6, 6.07) is 6.09. The molecule has 0 amide bonds. The monoisotopic (exact) mass is 248 g/mol. The van der Waals surface area contributed by atoms with Crippen molar-refractivity contribution in [2.75, 3.05) is 19.0 Å². The van der Waals surface area contributed by atoms with Crippen LogP contribution in [0.1, 0.15) is 11.5 Å². The Bertz CT molecular complexity index is 525. The Hall–Kier alpha value is -2.08. The zero-order valence-electron chi connectivity index (χ0n) is 10.4. The van der Waals surface area contributed by atoms with Crippen LogP contribution in [0.4, 0.5) is 11.7 Å². The van der Waals surface area contributed by atoms with E-state index in [1.807, 2.05) is 25.1 Å². The first kappa shape index (κ1) is 12.4. The molecule has 1 heterocycles. The summed E-state index contributed by atoms with van der Waals surface area (Å²) in [5.41, 5.74) is 7.32. The first-order chi connectivity index (χ1) is 8.72. The zero-order chi connectivity index (χ0) is 13.0. The van der Waals surface area contributed by atoms with Gasteiger partial charge in [-0.1, -0.05) is 5.10 Å². The van der Waals surface area contributed by atoms with Crippen molar-refractivity contribution in [3.8, 4) is 5.75 Å². The highest BCUT2D eigenvalue weighted by molar-refractivity contribution is 5.56. The number of anilines is 2. The molecule has 0 aliphatic heterocycles. The highest BCUT2D eigenvalue weighted by Gasteiger charge is 2.06. The predicted octanol–water partition coefficient (Wildman–Crippen LogP) is 1.63. The average Bonchev–Trinajstić information content (AvgIpc) is 2.77. The third-order valence-corrected chi connectivity index (χ3v) is 2.47. The zero-order valence-corrected chi connectivity index (χ0v) is 10.4. The topological polar surface area (TPSA) is 86.2 Å². The quantitative estimate of drug-likeness (QED) is 0.836. The SMILES string of the molecule is COc1ccc(Nc2nnc(CCN)o2)cc1C. The first-order valence-electron chi connectivity index (χ1n) is 5.67. The van der Waals surface area contributed by atoms with Crippen molar-refractivity contribution < 1.29 is 9.15 Å². The predicted molar refractivity (Wildman–Crippen MR) is 68.1 cm³/mol. The van der Waals surface area contributed by atoms with E-state index in [4.69, 9.17) is 14.9 Å². The lowest BCUT2D eigenvalue weighted by atomic mass is 10.2. The maximum absolute atomic E-state index is 5.41. The summed E-state index contributed by atoms with van der Waals surface area (Å²) in [4.78, 5) is 0.